The molecule has 0 unspecified atom stereocenters. The van der Waals surface area contributed by atoms with Gasteiger partial charge < -0.3 is 10.2 Å². The van der Waals surface area contributed by atoms with Crippen molar-refractivity contribution in [3.05, 3.63) is 93.4 Å². The number of amides is 2. The molecule has 2 amide bonds. The SMILES string of the molecule is CC[C@@H](C)NC(=O)[C@H](C)N(Cc1cccc(Cl)c1)C(=O)CN(c1ccc(Br)cc1)S(=O)(=O)c1ccc(C)cc1. The van der Waals surface area contributed by atoms with Gasteiger partial charge in [-0.25, -0.2) is 8.42 Å². The molecule has 0 aromatic heterocycles. The first-order valence-electron chi connectivity index (χ1n) is 12.6. The van der Waals surface area contributed by atoms with Gasteiger partial charge in [-0.15, -0.1) is 0 Å². The van der Waals surface area contributed by atoms with Crippen LogP contribution in [0.5, 0.6) is 0 Å². The van der Waals surface area contributed by atoms with Crippen molar-refractivity contribution in [3.63, 3.8) is 0 Å². The van der Waals surface area contributed by atoms with Crippen molar-refractivity contribution in [1.29, 1.82) is 0 Å². The highest BCUT2D eigenvalue weighted by molar-refractivity contribution is 9.10. The van der Waals surface area contributed by atoms with Gasteiger partial charge in [0.2, 0.25) is 11.8 Å². The smallest absolute Gasteiger partial charge is 0.264 e. The van der Waals surface area contributed by atoms with Crippen molar-refractivity contribution in [2.45, 2.75) is 57.6 Å². The molecule has 10 heteroatoms. The van der Waals surface area contributed by atoms with Crippen molar-refractivity contribution in [2.75, 3.05) is 10.8 Å². The fourth-order valence-electron chi connectivity index (χ4n) is 3.85. The standard InChI is InChI=1S/C29H33BrClN3O4S/c1-5-21(3)32-29(36)22(4)33(18-23-7-6-8-25(31)17-23)28(35)19-34(26-13-11-24(30)12-14-26)39(37,38)27-15-9-20(2)10-16-27/h6-17,21-22H,5,18-19H2,1-4H3,(H,32,36)/t21-,22+/m1/s1. The van der Waals surface area contributed by atoms with Gasteiger partial charge in [0.15, 0.2) is 0 Å². The van der Waals surface area contributed by atoms with Gasteiger partial charge in [-0.05, 0) is 81.3 Å². The number of hydrogen-bond acceptors (Lipinski definition) is 4. The predicted molar refractivity (Wildman–Crippen MR) is 159 cm³/mol. The molecule has 0 aliphatic rings. The summed E-state index contributed by atoms with van der Waals surface area (Å²) in [5.74, 6) is -0.850. The first-order valence-corrected chi connectivity index (χ1v) is 15.2. The van der Waals surface area contributed by atoms with E-state index >= 15 is 0 Å². The van der Waals surface area contributed by atoms with Crippen LogP contribution in [0, 0.1) is 6.92 Å². The van der Waals surface area contributed by atoms with Crippen molar-refractivity contribution >= 4 is 55.1 Å². The molecule has 0 spiro atoms. The minimum atomic E-state index is -4.11. The van der Waals surface area contributed by atoms with Crippen molar-refractivity contribution < 1.29 is 18.0 Å². The number of benzene rings is 3. The lowest BCUT2D eigenvalue weighted by atomic mass is 10.1. The van der Waals surface area contributed by atoms with Gasteiger partial charge >= 0.3 is 0 Å². The number of carbonyl (C=O) groups excluding carboxylic acids is 2. The van der Waals surface area contributed by atoms with Crippen molar-refractivity contribution in [3.8, 4) is 0 Å². The van der Waals surface area contributed by atoms with Gasteiger partial charge in [-0.1, -0.05) is 64.3 Å². The number of aryl methyl sites for hydroxylation is 1. The summed E-state index contributed by atoms with van der Waals surface area (Å²) in [6.45, 7) is 6.92. The second-order valence-electron chi connectivity index (χ2n) is 9.45. The number of rotatable bonds is 11. The normalized spacial score (nSPS) is 12.9. The van der Waals surface area contributed by atoms with Gasteiger partial charge in [0.25, 0.3) is 10.0 Å². The minimum absolute atomic E-state index is 0.0628. The van der Waals surface area contributed by atoms with E-state index in [0.717, 1.165) is 26.3 Å². The highest BCUT2D eigenvalue weighted by Gasteiger charge is 2.32. The lowest BCUT2D eigenvalue weighted by Gasteiger charge is -2.32. The molecular formula is C29H33BrClN3O4S. The van der Waals surface area contributed by atoms with E-state index in [2.05, 4.69) is 21.2 Å². The molecule has 0 aliphatic heterocycles. The zero-order valence-electron chi connectivity index (χ0n) is 22.4. The Morgan fingerprint density at radius 3 is 2.23 bits per heavy atom. The Morgan fingerprint density at radius 1 is 1.00 bits per heavy atom. The third-order valence-electron chi connectivity index (χ3n) is 6.41. The van der Waals surface area contributed by atoms with E-state index in [1.807, 2.05) is 20.8 Å². The second-order valence-corrected chi connectivity index (χ2v) is 12.7. The van der Waals surface area contributed by atoms with E-state index in [1.165, 1.54) is 17.0 Å². The van der Waals surface area contributed by atoms with Crippen molar-refractivity contribution in [1.82, 2.24) is 10.2 Å². The van der Waals surface area contributed by atoms with Gasteiger partial charge in [0.05, 0.1) is 10.6 Å². The third-order valence-corrected chi connectivity index (χ3v) is 8.96. The molecule has 0 saturated heterocycles. The number of sulfonamides is 1. The van der Waals surface area contributed by atoms with E-state index in [-0.39, 0.29) is 23.4 Å². The highest BCUT2D eigenvalue weighted by atomic mass is 79.9. The van der Waals surface area contributed by atoms with E-state index in [9.17, 15) is 18.0 Å². The number of halogens is 2. The molecule has 0 heterocycles. The van der Waals surface area contributed by atoms with Crippen molar-refractivity contribution in [2.24, 2.45) is 0 Å². The average molecular weight is 635 g/mol. The number of carbonyl (C=O) groups is 2. The van der Waals surface area contributed by atoms with Crippen LogP contribution in [0.1, 0.15) is 38.3 Å². The van der Waals surface area contributed by atoms with E-state index in [1.54, 1.807) is 67.6 Å². The number of nitrogens with zero attached hydrogens (tertiary/aromatic N) is 2. The maximum Gasteiger partial charge on any atom is 0.264 e. The van der Waals surface area contributed by atoms with Crippen LogP contribution >= 0.6 is 27.5 Å². The van der Waals surface area contributed by atoms with Gasteiger partial charge in [0, 0.05) is 22.1 Å². The number of nitrogens with one attached hydrogen (secondary N) is 1. The maximum absolute atomic E-state index is 13.9. The summed E-state index contributed by atoms with van der Waals surface area (Å²) in [5.41, 5.74) is 1.95. The first kappa shape index (κ1) is 30.7. The van der Waals surface area contributed by atoms with Crippen LogP contribution in [0.4, 0.5) is 5.69 Å². The molecule has 0 aliphatic carbocycles. The number of hydrogen-bond donors (Lipinski definition) is 1. The monoisotopic (exact) mass is 633 g/mol. The molecule has 0 saturated carbocycles. The molecule has 39 heavy (non-hydrogen) atoms. The predicted octanol–water partition coefficient (Wildman–Crippen LogP) is 5.94. The summed E-state index contributed by atoms with van der Waals surface area (Å²) < 4.78 is 29.5. The number of anilines is 1. The third kappa shape index (κ3) is 8.06. The van der Waals surface area contributed by atoms with Crippen LogP contribution in [0.25, 0.3) is 0 Å². The fourth-order valence-corrected chi connectivity index (χ4v) is 5.75. The molecule has 3 aromatic rings. The molecule has 7 nitrogen and oxygen atoms in total. The molecular weight excluding hydrogens is 602 g/mol. The molecule has 0 bridgehead atoms. The summed E-state index contributed by atoms with van der Waals surface area (Å²) in [6.07, 6.45) is 0.729. The zero-order valence-corrected chi connectivity index (χ0v) is 25.6. The molecule has 3 aromatic carbocycles. The quantitative estimate of drug-likeness (QED) is 0.283. The van der Waals surface area contributed by atoms with Crippen LogP contribution in [-0.4, -0.2) is 43.8 Å². The Bertz CT molecular complexity index is 1400. The maximum atomic E-state index is 13.9. The summed E-state index contributed by atoms with van der Waals surface area (Å²) in [5, 5.41) is 3.41. The van der Waals surface area contributed by atoms with Crippen LogP contribution in [0.15, 0.2) is 82.2 Å². The summed E-state index contributed by atoms with van der Waals surface area (Å²) in [7, 11) is -4.11. The molecule has 208 valence electrons. The Morgan fingerprint density at radius 2 is 1.64 bits per heavy atom. The van der Waals surface area contributed by atoms with E-state index < -0.39 is 28.5 Å². The minimum Gasteiger partial charge on any atom is -0.352 e. The Hall–Kier alpha value is -2.88. The summed E-state index contributed by atoms with van der Waals surface area (Å²) >= 11 is 9.56. The fraction of sp³-hybridized carbons (Fsp3) is 0.310. The van der Waals surface area contributed by atoms with Crippen LogP contribution in [0.3, 0.4) is 0 Å². The Balaban J connectivity index is 2.02. The van der Waals surface area contributed by atoms with Gasteiger partial charge in [-0.3, -0.25) is 13.9 Å². The molecule has 0 radical (unpaired) electrons. The zero-order chi connectivity index (χ0) is 28.7. The molecule has 0 fully saturated rings. The molecule has 1 N–H and O–H groups in total. The van der Waals surface area contributed by atoms with Gasteiger partial charge in [-0.2, -0.15) is 0 Å². The summed E-state index contributed by atoms with van der Waals surface area (Å²) in [6, 6.07) is 19.2. The molecule has 2 atom stereocenters. The summed E-state index contributed by atoms with van der Waals surface area (Å²) in [4.78, 5) is 28.5. The van der Waals surface area contributed by atoms with E-state index in [4.69, 9.17) is 11.6 Å². The lowest BCUT2D eigenvalue weighted by Crippen LogP contribution is -2.52. The average Bonchev–Trinajstić information content (AvgIpc) is 2.90. The van der Waals surface area contributed by atoms with Gasteiger partial charge in [0.1, 0.15) is 12.6 Å². The first-order chi connectivity index (χ1) is 18.4. The topological polar surface area (TPSA) is 86.8 Å². The Labute approximate surface area is 244 Å². The van der Waals surface area contributed by atoms with Crippen LogP contribution in [-0.2, 0) is 26.2 Å². The van der Waals surface area contributed by atoms with Crippen LogP contribution < -0.4 is 9.62 Å². The largest absolute Gasteiger partial charge is 0.352 e. The molecule has 3 rings (SSSR count). The Kier molecular flexibility index (Phi) is 10.6. The van der Waals surface area contributed by atoms with Crippen LogP contribution in [0.2, 0.25) is 5.02 Å². The highest BCUT2D eigenvalue weighted by Crippen LogP contribution is 2.26. The van der Waals surface area contributed by atoms with E-state index in [0.29, 0.717) is 10.7 Å². The second kappa shape index (κ2) is 13.5. The lowest BCUT2D eigenvalue weighted by molar-refractivity contribution is -0.139.